The Morgan fingerprint density at radius 1 is 1.28 bits per heavy atom. The topological polar surface area (TPSA) is 109 Å². The van der Waals surface area contributed by atoms with Crippen LogP contribution in [0.25, 0.3) is 6.08 Å². The first-order valence-corrected chi connectivity index (χ1v) is 7.23. The number of rotatable bonds is 6. The maximum atomic E-state index is 11.8. The molecule has 2 aromatic rings. The summed E-state index contributed by atoms with van der Waals surface area (Å²) in [7, 11) is 0. The molecule has 25 heavy (non-hydrogen) atoms. The Bertz CT molecular complexity index is 860. The Morgan fingerprint density at radius 3 is 2.72 bits per heavy atom. The largest absolute Gasteiger partial charge is 0.465 e. The molecule has 0 aliphatic rings. The highest BCUT2D eigenvalue weighted by atomic mass is 16.5. The van der Waals surface area contributed by atoms with Gasteiger partial charge < -0.3 is 14.5 Å². The van der Waals surface area contributed by atoms with E-state index < -0.39 is 18.5 Å². The summed E-state index contributed by atoms with van der Waals surface area (Å²) in [5, 5.41) is 11.5. The summed E-state index contributed by atoms with van der Waals surface area (Å²) in [5.74, 6) is -1.35. The molecule has 0 radical (unpaired) electrons. The van der Waals surface area contributed by atoms with Gasteiger partial charge in [-0.2, -0.15) is 5.26 Å². The average molecular weight is 338 g/mol. The molecule has 1 N–H and O–H groups in total. The molecule has 1 amide bonds. The molecular weight excluding hydrogens is 324 g/mol. The number of nitrogens with zero attached hydrogens (tertiary/aromatic N) is 1. The van der Waals surface area contributed by atoms with E-state index in [-0.39, 0.29) is 11.4 Å². The van der Waals surface area contributed by atoms with Gasteiger partial charge in [-0.3, -0.25) is 9.59 Å². The number of carbonyl (C=O) groups is 3. The van der Waals surface area contributed by atoms with Crippen molar-refractivity contribution in [1.29, 1.82) is 5.26 Å². The minimum Gasteiger partial charge on any atom is -0.465 e. The van der Waals surface area contributed by atoms with E-state index in [1.807, 2.05) is 0 Å². The molecule has 0 spiro atoms. The minimum atomic E-state index is -0.938. The van der Waals surface area contributed by atoms with Crippen LogP contribution in [0, 0.1) is 11.3 Å². The number of carbonyl (C=O) groups excluding carboxylic acids is 3. The van der Waals surface area contributed by atoms with E-state index in [9.17, 15) is 14.4 Å². The third kappa shape index (κ3) is 5.18. The van der Waals surface area contributed by atoms with E-state index in [2.05, 4.69) is 5.32 Å². The normalized spacial score (nSPS) is 10.6. The number of nitriles is 1. The standard InChI is InChI=1S/C18H14N2O5/c1-12(21)13-4-2-5-15(8-13)20-17(22)11-25-18(23)14(10-19)9-16-6-3-7-24-16/h2-9H,11H2,1H3,(H,20,22)/b14-9+. The summed E-state index contributed by atoms with van der Waals surface area (Å²) in [6.07, 6.45) is 2.62. The van der Waals surface area contributed by atoms with Crippen LogP contribution < -0.4 is 5.32 Å². The fourth-order valence-electron chi connectivity index (χ4n) is 1.87. The first-order chi connectivity index (χ1) is 12.0. The summed E-state index contributed by atoms with van der Waals surface area (Å²) in [5.41, 5.74) is 0.560. The maximum absolute atomic E-state index is 11.8. The van der Waals surface area contributed by atoms with Crippen molar-refractivity contribution in [3.63, 3.8) is 0 Å². The van der Waals surface area contributed by atoms with Crippen LogP contribution in [0.4, 0.5) is 5.69 Å². The molecule has 7 nitrogen and oxygen atoms in total. The van der Waals surface area contributed by atoms with Crippen molar-refractivity contribution in [2.75, 3.05) is 11.9 Å². The molecule has 0 saturated carbocycles. The lowest BCUT2D eigenvalue weighted by atomic mass is 10.1. The van der Waals surface area contributed by atoms with Crippen LogP contribution in [0.15, 0.2) is 52.7 Å². The van der Waals surface area contributed by atoms with E-state index in [1.54, 1.807) is 36.4 Å². The molecule has 0 bridgehead atoms. The van der Waals surface area contributed by atoms with Gasteiger partial charge in [-0.25, -0.2) is 4.79 Å². The van der Waals surface area contributed by atoms with Crippen LogP contribution in [0.2, 0.25) is 0 Å². The van der Waals surface area contributed by atoms with Crippen molar-refractivity contribution in [2.45, 2.75) is 6.92 Å². The third-order valence-corrected chi connectivity index (χ3v) is 3.06. The monoisotopic (exact) mass is 338 g/mol. The Hall–Kier alpha value is -3.66. The number of amides is 1. The van der Waals surface area contributed by atoms with Gasteiger partial charge in [0.25, 0.3) is 5.91 Å². The van der Waals surface area contributed by atoms with Crippen molar-refractivity contribution in [3.05, 3.63) is 59.6 Å². The quantitative estimate of drug-likeness (QED) is 0.375. The van der Waals surface area contributed by atoms with Crippen molar-refractivity contribution in [1.82, 2.24) is 0 Å². The summed E-state index contributed by atoms with van der Waals surface area (Å²) in [4.78, 5) is 35.0. The second-order valence-electron chi connectivity index (χ2n) is 4.95. The van der Waals surface area contributed by atoms with Gasteiger partial charge in [-0.1, -0.05) is 12.1 Å². The lowest BCUT2D eigenvalue weighted by Crippen LogP contribution is -2.21. The highest BCUT2D eigenvalue weighted by molar-refractivity contribution is 6.00. The number of furan rings is 1. The maximum Gasteiger partial charge on any atom is 0.349 e. The number of esters is 1. The van der Waals surface area contributed by atoms with E-state index >= 15 is 0 Å². The Morgan fingerprint density at radius 2 is 2.08 bits per heavy atom. The summed E-state index contributed by atoms with van der Waals surface area (Å²) in [6, 6.07) is 11.2. The smallest absolute Gasteiger partial charge is 0.349 e. The second kappa shape index (κ2) is 8.26. The number of Topliss-reactive ketones (excluding diaryl/α,β-unsaturated/α-hetero) is 1. The van der Waals surface area contributed by atoms with Gasteiger partial charge in [0.1, 0.15) is 17.4 Å². The Kier molecular flexibility index (Phi) is 5.85. The predicted molar refractivity (Wildman–Crippen MR) is 88.3 cm³/mol. The molecule has 1 aromatic heterocycles. The van der Waals surface area contributed by atoms with Gasteiger partial charge >= 0.3 is 5.97 Å². The molecule has 1 heterocycles. The summed E-state index contributed by atoms with van der Waals surface area (Å²) in [6.45, 7) is 0.845. The molecule has 126 valence electrons. The average Bonchev–Trinajstić information content (AvgIpc) is 3.11. The Balaban J connectivity index is 1.93. The zero-order valence-corrected chi connectivity index (χ0v) is 13.3. The molecule has 0 unspecified atom stereocenters. The van der Waals surface area contributed by atoms with Crippen molar-refractivity contribution >= 4 is 29.4 Å². The number of hydrogen-bond acceptors (Lipinski definition) is 6. The lowest BCUT2D eigenvalue weighted by Gasteiger charge is -2.07. The number of ketones is 1. The van der Waals surface area contributed by atoms with E-state index in [4.69, 9.17) is 14.4 Å². The van der Waals surface area contributed by atoms with Crippen LogP contribution in [-0.4, -0.2) is 24.3 Å². The molecule has 7 heteroatoms. The molecule has 1 aromatic carbocycles. The van der Waals surface area contributed by atoms with Crippen LogP contribution in [0.1, 0.15) is 23.0 Å². The third-order valence-electron chi connectivity index (χ3n) is 3.06. The van der Waals surface area contributed by atoms with Crippen molar-refractivity contribution < 1.29 is 23.5 Å². The number of anilines is 1. The summed E-state index contributed by atoms with van der Waals surface area (Å²) >= 11 is 0. The van der Waals surface area contributed by atoms with Gasteiger partial charge in [-0.15, -0.1) is 0 Å². The molecule has 0 saturated heterocycles. The van der Waals surface area contributed by atoms with Gasteiger partial charge in [0.05, 0.1) is 6.26 Å². The highest BCUT2D eigenvalue weighted by Crippen LogP contribution is 2.12. The SMILES string of the molecule is CC(=O)c1cccc(NC(=O)COC(=O)/C(C#N)=C/c2ccco2)c1. The lowest BCUT2D eigenvalue weighted by molar-refractivity contribution is -0.142. The first kappa shape index (κ1) is 17.7. The zero-order chi connectivity index (χ0) is 18.2. The molecule has 0 fully saturated rings. The fraction of sp³-hybridized carbons (Fsp3) is 0.111. The zero-order valence-electron chi connectivity index (χ0n) is 13.3. The van der Waals surface area contributed by atoms with Crippen LogP contribution in [-0.2, 0) is 14.3 Å². The van der Waals surface area contributed by atoms with E-state index in [1.165, 1.54) is 25.3 Å². The minimum absolute atomic E-state index is 0.135. The number of ether oxygens (including phenoxy) is 1. The number of benzene rings is 1. The van der Waals surface area contributed by atoms with Crippen molar-refractivity contribution in [3.8, 4) is 6.07 Å². The predicted octanol–water partition coefficient (Wildman–Crippen LogP) is 2.57. The number of hydrogen-bond donors (Lipinski definition) is 1. The summed E-state index contributed by atoms with van der Waals surface area (Å²) < 4.78 is 9.81. The van der Waals surface area contributed by atoms with Gasteiger partial charge in [0, 0.05) is 17.3 Å². The number of nitrogens with one attached hydrogen (secondary N) is 1. The van der Waals surface area contributed by atoms with Gasteiger partial charge in [0.15, 0.2) is 12.4 Å². The molecule has 0 atom stereocenters. The fourth-order valence-corrected chi connectivity index (χ4v) is 1.87. The van der Waals surface area contributed by atoms with Gasteiger partial charge in [0.2, 0.25) is 0 Å². The van der Waals surface area contributed by atoms with Crippen molar-refractivity contribution in [2.24, 2.45) is 0 Å². The molecular formula is C18H14N2O5. The molecule has 0 aliphatic carbocycles. The van der Waals surface area contributed by atoms with E-state index in [0.29, 0.717) is 17.0 Å². The second-order valence-corrected chi connectivity index (χ2v) is 4.95. The van der Waals surface area contributed by atoms with Crippen LogP contribution >= 0.6 is 0 Å². The highest BCUT2D eigenvalue weighted by Gasteiger charge is 2.14. The van der Waals surface area contributed by atoms with E-state index in [0.717, 1.165) is 0 Å². The van der Waals surface area contributed by atoms with Gasteiger partial charge in [-0.05, 0) is 31.2 Å². The molecule has 0 aliphatic heterocycles. The Labute approximate surface area is 143 Å². The van der Waals surface area contributed by atoms with Crippen LogP contribution in [0.5, 0.6) is 0 Å². The van der Waals surface area contributed by atoms with Crippen LogP contribution in [0.3, 0.4) is 0 Å². The first-order valence-electron chi connectivity index (χ1n) is 7.23. The molecule has 2 rings (SSSR count).